The summed E-state index contributed by atoms with van der Waals surface area (Å²) < 4.78 is 64.6. The minimum absolute atomic E-state index is 0.100. The lowest BCUT2D eigenvalue weighted by Gasteiger charge is -2.12. The lowest BCUT2D eigenvalue weighted by atomic mass is 10.1. The van der Waals surface area contributed by atoms with Crippen LogP contribution in [0.1, 0.15) is 20.7 Å². The smallest absolute Gasteiger partial charge is 0.266 e. The van der Waals surface area contributed by atoms with Crippen LogP contribution < -0.4 is 10.0 Å². The van der Waals surface area contributed by atoms with E-state index in [1.165, 1.54) is 36.4 Å². The SMILES string of the molecule is CS(=O)(=O)NC(=O)c1cc(F)c(F)cc1NC(=O)c1ccc2cc(F)ccc2c1. The van der Waals surface area contributed by atoms with Crippen LogP contribution in [0.5, 0.6) is 0 Å². The Morgan fingerprint density at radius 2 is 1.45 bits per heavy atom. The van der Waals surface area contributed by atoms with Crippen LogP contribution in [0.3, 0.4) is 0 Å². The van der Waals surface area contributed by atoms with Crippen LogP contribution in [-0.2, 0) is 10.0 Å². The summed E-state index contributed by atoms with van der Waals surface area (Å²) >= 11 is 0. The fourth-order valence-electron chi connectivity index (χ4n) is 2.61. The maximum Gasteiger partial charge on any atom is 0.266 e. The van der Waals surface area contributed by atoms with Crippen molar-refractivity contribution in [3.8, 4) is 0 Å². The van der Waals surface area contributed by atoms with Gasteiger partial charge in [0.15, 0.2) is 11.6 Å². The minimum atomic E-state index is -3.98. The Hall–Kier alpha value is -3.40. The molecule has 10 heteroatoms. The normalized spacial score (nSPS) is 11.3. The quantitative estimate of drug-likeness (QED) is 0.676. The number of anilines is 1. The predicted molar refractivity (Wildman–Crippen MR) is 101 cm³/mol. The van der Waals surface area contributed by atoms with Crippen LogP contribution in [0.4, 0.5) is 18.9 Å². The summed E-state index contributed by atoms with van der Waals surface area (Å²) in [6.45, 7) is 0. The molecule has 0 aliphatic heterocycles. The first-order valence-corrected chi connectivity index (χ1v) is 9.94. The van der Waals surface area contributed by atoms with E-state index < -0.39 is 50.5 Å². The summed E-state index contributed by atoms with van der Waals surface area (Å²) in [5.74, 6) is -5.19. The summed E-state index contributed by atoms with van der Waals surface area (Å²) in [7, 11) is -3.98. The van der Waals surface area contributed by atoms with E-state index in [-0.39, 0.29) is 5.56 Å². The Balaban J connectivity index is 1.96. The topological polar surface area (TPSA) is 92.3 Å². The highest BCUT2D eigenvalue weighted by Crippen LogP contribution is 2.23. The Bertz CT molecular complexity index is 1260. The molecule has 2 N–H and O–H groups in total. The molecule has 3 rings (SSSR count). The molecule has 0 radical (unpaired) electrons. The molecule has 0 aliphatic carbocycles. The van der Waals surface area contributed by atoms with Crippen LogP contribution in [0.15, 0.2) is 48.5 Å². The fraction of sp³-hybridized carbons (Fsp3) is 0.0526. The maximum atomic E-state index is 13.6. The van der Waals surface area contributed by atoms with E-state index in [4.69, 9.17) is 0 Å². The van der Waals surface area contributed by atoms with E-state index in [9.17, 15) is 31.2 Å². The molecule has 0 atom stereocenters. The molecular weight excluding hydrogens is 409 g/mol. The average molecular weight is 422 g/mol. The van der Waals surface area contributed by atoms with Gasteiger partial charge >= 0.3 is 0 Å². The van der Waals surface area contributed by atoms with E-state index >= 15 is 0 Å². The molecule has 0 aliphatic rings. The number of nitrogens with one attached hydrogen (secondary N) is 2. The third kappa shape index (κ3) is 4.72. The van der Waals surface area contributed by atoms with Crippen molar-refractivity contribution in [1.29, 1.82) is 0 Å². The zero-order chi connectivity index (χ0) is 21.3. The number of halogens is 3. The molecule has 0 saturated carbocycles. The molecule has 3 aromatic carbocycles. The van der Waals surface area contributed by atoms with Gasteiger partial charge in [-0.2, -0.15) is 0 Å². The van der Waals surface area contributed by atoms with Gasteiger partial charge in [0.25, 0.3) is 11.8 Å². The second kappa shape index (κ2) is 7.55. The van der Waals surface area contributed by atoms with Crippen LogP contribution in [-0.4, -0.2) is 26.5 Å². The molecule has 0 unspecified atom stereocenters. The van der Waals surface area contributed by atoms with E-state index in [1.807, 2.05) is 0 Å². The first kappa shape index (κ1) is 20.3. The van der Waals surface area contributed by atoms with Crippen molar-refractivity contribution in [1.82, 2.24) is 4.72 Å². The van der Waals surface area contributed by atoms with Gasteiger partial charge in [0.1, 0.15) is 5.82 Å². The van der Waals surface area contributed by atoms with Crippen molar-refractivity contribution < 1.29 is 31.2 Å². The number of hydrogen-bond donors (Lipinski definition) is 2. The number of sulfonamides is 1. The molecule has 150 valence electrons. The summed E-state index contributed by atoms with van der Waals surface area (Å²) in [5.41, 5.74) is -0.900. The standard InChI is InChI=1S/C19H13F3N2O4S/c1-29(27,28)24-19(26)14-8-15(21)16(22)9-17(14)23-18(25)12-3-2-11-7-13(20)5-4-10(11)6-12/h2-9H,1H3,(H,23,25)(H,24,26). The van der Waals surface area contributed by atoms with Gasteiger partial charge in [0.2, 0.25) is 10.0 Å². The van der Waals surface area contributed by atoms with Crippen LogP contribution in [0, 0.1) is 17.5 Å². The highest BCUT2D eigenvalue weighted by atomic mass is 32.2. The van der Waals surface area contributed by atoms with Crippen molar-refractivity contribution in [2.24, 2.45) is 0 Å². The van der Waals surface area contributed by atoms with Gasteiger partial charge in [0.05, 0.1) is 17.5 Å². The van der Waals surface area contributed by atoms with Crippen molar-refractivity contribution in [2.45, 2.75) is 0 Å². The summed E-state index contributed by atoms with van der Waals surface area (Å²) in [6, 6.07) is 9.33. The molecule has 6 nitrogen and oxygen atoms in total. The molecule has 0 fully saturated rings. The molecule has 0 saturated heterocycles. The van der Waals surface area contributed by atoms with Gasteiger partial charge in [-0.3, -0.25) is 9.59 Å². The van der Waals surface area contributed by atoms with Crippen molar-refractivity contribution in [2.75, 3.05) is 11.6 Å². The molecule has 0 bridgehead atoms. The molecule has 0 aromatic heterocycles. The van der Waals surface area contributed by atoms with Crippen molar-refractivity contribution in [3.63, 3.8) is 0 Å². The number of carbonyl (C=O) groups excluding carboxylic acids is 2. The molecule has 2 amide bonds. The van der Waals surface area contributed by atoms with Crippen LogP contribution in [0.2, 0.25) is 0 Å². The van der Waals surface area contributed by atoms with Gasteiger partial charge in [-0.25, -0.2) is 26.3 Å². The molecule has 0 spiro atoms. The molecule has 29 heavy (non-hydrogen) atoms. The first-order chi connectivity index (χ1) is 13.5. The monoisotopic (exact) mass is 422 g/mol. The molecule has 0 heterocycles. The lowest BCUT2D eigenvalue weighted by Crippen LogP contribution is -2.30. The maximum absolute atomic E-state index is 13.6. The van der Waals surface area contributed by atoms with E-state index in [0.717, 1.165) is 0 Å². The predicted octanol–water partition coefficient (Wildman–Crippen LogP) is 3.20. The van der Waals surface area contributed by atoms with Gasteiger partial charge in [-0.15, -0.1) is 0 Å². The zero-order valence-corrected chi connectivity index (χ0v) is 15.6. The molecular formula is C19H13F3N2O4S. The minimum Gasteiger partial charge on any atom is -0.321 e. The Kier molecular flexibility index (Phi) is 5.29. The first-order valence-electron chi connectivity index (χ1n) is 8.05. The number of carbonyl (C=O) groups is 2. The third-order valence-corrected chi connectivity index (χ3v) is 4.45. The average Bonchev–Trinajstić information content (AvgIpc) is 2.62. The van der Waals surface area contributed by atoms with Crippen molar-refractivity contribution >= 4 is 38.3 Å². The zero-order valence-electron chi connectivity index (χ0n) is 14.8. The van der Waals surface area contributed by atoms with Gasteiger partial charge in [-0.05, 0) is 41.1 Å². The number of fused-ring (bicyclic) bond motifs is 1. The summed E-state index contributed by atoms with van der Waals surface area (Å²) in [4.78, 5) is 24.6. The number of amides is 2. The van der Waals surface area contributed by atoms with E-state index in [0.29, 0.717) is 29.2 Å². The van der Waals surface area contributed by atoms with E-state index in [1.54, 1.807) is 4.72 Å². The number of hydrogen-bond acceptors (Lipinski definition) is 4. The van der Waals surface area contributed by atoms with Crippen molar-refractivity contribution in [3.05, 3.63) is 77.1 Å². The Morgan fingerprint density at radius 1 is 0.828 bits per heavy atom. The second-order valence-corrected chi connectivity index (χ2v) is 7.92. The Morgan fingerprint density at radius 3 is 2.14 bits per heavy atom. The number of rotatable bonds is 4. The highest BCUT2D eigenvalue weighted by molar-refractivity contribution is 7.89. The second-order valence-electron chi connectivity index (χ2n) is 6.18. The molecule has 3 aromatic rings. The summed E-state index contributed by atoms with van der Waals surface area (Å²) in [6.07, 6.45) is 0.709. The van der Waals surface area contributed by atoms with Gasteiger partial charge in [0, 0.05) is 11.6 Å². The third-order valence-electron chi connectivity index (χ3n) is 3.90. The Labute approximate surface area is 163 Å². The lowest BCUT2D eigenvalue weighted by molar-refractivity contribution is 0.0982. The largest absolute Gasteiger partial charge is 0.321 e. The summed E-state index contributed by atoms with van der Waals surface area (Å²) in [5, 5.41) is 3.36. The highest BCUT2D eigenvalue weighted by Gasteiger charge is 2.20. The van der Waals surface area contributed by atoms with Gasteiger partial charge in [-0.1, -0.05) is 12.1 Å². The number of benzene rings is 3. The van der Waals surface area contributed by atoms with Gasteiger partial charge < -0.3 is 5.32 Å². The van der Waals surface area contributed by atoms with Crippen LogP contribution >= 0.6 is 0 Å². The van der Waals surface area contributed by atoms with Crippen LogP contribution in [0.25, 0.3) is 10.8 Å². The fourth-order valence-corrected chi connectivity index (χ4v) is 3.06. The van der Waals surface area contributed by atoms with E-state index in [2.05, 4.69) is 5.32 Å².